The summed E-state index contributed by atoms with van der Waals surface area (Å²) in [5.41, 5.74) is 0. The Bertz CT molecular complexity index is 933. The summed E-state index contributed by atoms with van der Waals surface area (Å²) in [4.78, 5) is 46.8. The summed E-state index contributed by atoms with van der Waals surface area (Å²) in [5.74, 6) is 0.115. The van der Waals surface area contributed by atoms with E-state index in [1.54, 1.807) is 0 Å². The Morgan fingerprint density at radius 3 is 1.31 bits per heavy atom. The lowest BCUT2D eigenvalue weighted by Gasteiger charge is -2.35. The summed E-state index contributed by atoms with van der Waals surface area (Å²) in [6.45, 7) is 21.8. The maximum Gasteiger partial charge on any atom is 0.308 e. The van der Waals surface area contributed by atoms with Gasteiger partial charge in [0.2, 0.25) is 5.91 Å². The molecule has 0 spiro atoms. The highest BCUT2D eigenvalue weighted by Crippen LogP contribution is 2.21. The van der Waals surface area contributed by atoms with E-state index in [0.29, 0.717) is 38.8 Å². The zero-order valence-electron chi connectivity index (χ0n) is 39.3. The molecular formula is C49H96N4O5. The fourth-order valence-corrected chi connectivity index (χ4v) is 8.24. The lowest BCUT2D eigenvalue weighted by atomic mass is 9.95. The van der Waals surface area contributed by atoms with Crippen LogP contribution in [0.25, 0.3) is 0 Å². The van der Waals surface area contributed by atoms with Crippen molar-refractivity contribution in [3.8, 4) is 0 Å². The van der Waals surface area contributed by atoms with Crippen LogP contribution in [0, 0.1) is 11.8 Å². The molecule has 1 N–H and O–H groups in total. The first kappa shape index (κ1) is 54.3. The van der Waals surface area contributed by atoms with Crippen molar-refractivity contribution in [1.29, 1.82) is 0 Å². The van der Waals surface area contributed by atoms with Gasteiger partial charge in [0.05, 0.1) is 11.8 Å². The molecule has 1 aliphatic heterocycles. The van der Waals surface area contributed by atoms with E-state index in [1.807, 2.05) is 0 Å². The molecule has 9 heteroatoms. The molecule has 9 nitrogen and oxygen atoms in total. The van der Waals surface area contributed by atoms with Gasteiger partial charge in [-0.3, -0.25) is 24.2 Å². The maximum absolute atomic E-state index is 13.2. The summed E-state index contributed by atoms with van der Waals surface area (Å²) < 4.78 is 11.9. The molecule has 0 bridgehead atoms. The topological polar surface area (TPSA) is 91.4 Å². The molecule has 342 valence electrons. The zero-order chi connectivity index (χ0) is 42.5. The Kier molecular flexibility index (Phi) is 35.8. The second-order valence-electron chi connectivity index (χ2n) is 17.6. The number of hydrogen-bond donors (Lipinski definition) is 1. The monoisotopic (exact) mass is 821 g/mol. The molecule has 3 atom stereocenters. The molecule has 3 unspecified atom stereocenters. The van der Waals surface area contributed by atoms with Crippen LogP contribution in [0.3, 0.4) is 0 Å². The van der Waals surface area contributed by atoms with Crippen molar-refractivity contribution in [1.82, 2.24) is 20.0 Å². The standard InChI is InChI=1S/C49H96N4O5/c1-7-13-19-23-28-44(26-17-11-5)48(55)57-42-40-53(41-43-58-49(56)45(27-18-12-6)29-24-20-14-8-2)39-38-52-36-34-51(35-37-52)33-32-47(54)50-46(30-22-16-10-4)31-25-21-15-9-3/h44-46H,7-43H2,1-6H3,(H,50,54). The summed E-state index contributed by atoms with van der Waals surface area (Å²) in [6.07, 6.45) is 28.7. The predicted octanol–water partition coefficient (Wildman–Crippen LogP) is 11.0. The van der Waals surface area contributed by atoms with E-state index in [-0.39, 0.29) is 29.7 Å². The van der Waals surface area contributed by atoms with Crippen molar-refractivity contribution < 1.29 is 23.9 Å². The zero-order valence-corrected chi connectivity index (χ0v) is 39.3. The van der Waals surface area contributed by atoms with Gasteiger partial charge in [-0.05, 0) is 38.5 Å². The average molecular weight is 821 g/mol. The summed E-state index contributed by atoms with van der Waals surface area (Å²) in [7, 11) is 0. The minimum atomic E-state index is -0.0399. The number of piperazine rings is 1. The van der Waals surface area contributed by atoms with Crippen molar-refractivity contribution in [2.75, 3.05) is 72.1 Å². The first-order valence-electron chi connectivity index (χ1n) is 25.1. The van der Waals surface area contributed by atoms with Crippen LogP contribution in [0.5, 0.6) is 0 Å². The van der Waals surface area contributed by atoms with Crippen LogP contribution in [0.15, 0.2) is 0 Å². The van der Waals surface area contributed by atoms with Gasteiger partial charge >= 0.3 is 11.9 Å². The first-order valence-corrected chi connectivity index (χ1v) is 25.1. The van der Waals surface area contributed by atoms with Crippen LogP contribution in [-0.2, 0) is 23.9 Å². The van der Waals surface area contributed by atoms with Crippen LogP contribution in [0.2, 0.25) is 0 Å². The van der Waals surface area contributed by atoms with Gasteiger partial charge in [0.25, 0.3) is 0 Å². The van der Waals surface area contributed by atoms with E-state index < -0.39 is 0 Å². The van der Waals surface area contributed by atoms with Crippen LogP contribution in [-0.4, -0.2) is 111 Å². The van der Waals surface area contributed by atoms with Crippen molar-refractivity contribution in [2.45, 2.75) is 215 Å². The third-order valence-electron chi connectivity index (χ3n) is 12.4. The number of amides is 1. The second kappa shape index (κ2) is 38.2. The molecule has 1 heterocycles. The number of carbonyl (C=O) groups is 3. The van der Waals surface area contributed by atoms with Crippen LogP contribution < -0.4 is 5.32 Å². The summed E-state index contributed by atoms with van der Waals surface area (Å²) in [5, 5.41) is 3.39. The Hall–Kier alpha value is -1.71. The van der Waals surface area contributed by atoms with Gasteiger partial charge in [0.15, 0.2) is 0 Å². The molecule has 0 radical (unpaired) electrons. The van der Waals surface area contributed by atoms with Gasteiger partial charge in [-0.25, -0.2) is 0 Å². The van der Waals surface area contributed by atoms with E-state index >= 15 is 0 Å². The highest BCUT2D eigenvalue weighted by atomic mass is 16.5. The lowest BCUT2D eigenvalue weighted by molar-refractivity contribution is -0.150. The maximum atomic E-state index is 13.2. The Morgan fingerprint density at radius 1 is 0.483 bits per heavy atom. The number of nitrogens with one attached hydrogen (secondary N) is 1. The molecule has 58 heavy (non-hydrogen) atoms. The van der Waals surface area contributed by atoms with Crippen molar-refractivity contribution in [3.63, 3.8) is 0 Å². The van der Waals surface area contributed by atoms with Gasteiger partial charge in [-0.2, -0.15) is 0 Å². The molecular weight excluding hydrogens is 725 g/mol. The molecule has 1 amide bonds. The van der Waals surface area contributed by atoms with Gasteiger partial charge in [-0.15, -0.1) is 0 Å². The number of nitrogens with zero attached hydrogens (tertiary/aromatic N) is 3. The lowest BCUT2D eigenvalue weighted by Crippen LogP contribution is -2.49. The minimum absolute atomic E-state index is 0.00580. The second-order valence-corrected chi connectivity index (χ2v) is 17.6. The van der Waals surface area contributed by atoms with Crippen molar-refractivity contribution in [3.05, 3.63) is 0 Å². The van der Waals surface area contributed by atoms with E-state index in [2.05, 4.69) is 61.6 Å². The van der Waals surface area contributed by atoms with Gasteiger partial charge in [0.1, 0.15) is 13.2 Å². The van der Waals surface area contributed by atoms with E-state index in [0.717, 1.165) is 123 Å². The molecule has 1 fully saturated rings. The molecule has 1 saturated heterocycles. The highest BCUT2D eigenvalue weighted by molar-refractivity contribution is 5.76. The third-order valence-corrected chi connectivity index (χ3v) is 12.4. The molecule has 0 aromatic heterocycles. The number of hydrogen-bond acceptors (Lipinski definition) is 8. The third kappa shape index (κ3) is 28.7. The predicted molar refractivity (Wildman–Crippen MR) is 244 cm³/mol. The van der Waals surface area contributed by atoms with Crippen LogP contribution in [0.4, 0.5) is 0 Å². The molecule has 0 saturated carbocycles. The normalized spacial score (nSPS) is 15.4. The minimum Gasteiger partial charge on any atom is -0.464 e. The van der Waals surface area contributed by atoms with E-state index in [4.69, 9.17) is 9.47 Å². The number of unbranched alkanes of at least 4 members (excludes halogenated alkanes) is 13. The largest absolute Gasteiger partial charge is 0.464 e. The van der Waals surface area contributed by atoms with Crippen LogP contribution >= 0.6 is 0 Å². The van der Waals surface area contributed by atoms with Crippen LogP contribution in [0.1, 0.15) is 208 Å². The van der Waals surface area contributed by atoms with Gasteiger partial charge in [0, 0.05) is 71.4 Å². The van der Waals surface area contributed by atoms with E-state index in [9.17, 15) is 14.4 Å². The smallest absolute Gasteiger partial charge is 0.308 e. The number of ether oxygens (including phenoxy) is 2. The Balaban J connectivity index is 2.71. The highest BCUT2D eigenvalue weighted by Gasteiger charge is 2.23. The summed E-state index contributed by atoms with van der Waals surface area (Å²) in [6, 6.07) is 0.318. The van der Waals surface area contributed by atoms with E-state index in [1.165, 1.54) is 83.5 Å². The van der Waals surface area contributed by atoms with Gasteiger partial charge < -0.3 is 19.7 Å². The van der Waals surface area contributed by atoms with Gasteiger partial charge in [-0.1, -0.05) is 164 Å². The fourth-order valence-electron chi connectivity index (χ4n) is 8.24. The fraction of sp³-hybridized carbons (Fsp3) is 0.939. The molecule has 0 aromatic carbocycles. The first-order chi connectivity index (χ1) is 28.3. The molecule has 0 aliphatic carbocycles. The Morgan fingerprint density at radius 2 is 0.862 bits per heavy atom. The average Bonchev–Trinajstić information content (AvgIpc) is 3.23. The summed E-state index contributed by atoms with van der Waals surface area (Å²) >= 11 is 0. The van der Waals surface area contributed by atoms with Crippen molar-refractivity contribution >= 4 is 17.8 Å². The SMILES string of the molecule is CCCCCCC(CCCCC)NC(=O)CCN1CCN(CCN(CCOC(=O)C(CCCC)CCCCCC)CCOC(=O)C(CCCC)CCCCCC)CC1. The molecule has 1 aliphatic rings. The molecule has 1 rings (SSSR count). The van der Waals surface area contributed by atoms with Crippen molar-refractivity contribution in [2.24, 2.45) is 11.8 Å². The number of esters is 2. The number of carbonyl (C=O) groups excluding carboxylic acids is 3. The quantitative estimate of drug-likeness (QED) is 0.0483. The Labute approximate surface area is 359 Å². The number of rotatable bonds is 40. The molecule has 0 aromatic rings.